The molecule has 29 heavy (non-hydrogen) atoms. The van der Waals surface area contributed by atoms with Gasteiger partial charge < -0.3 is 5.11 Å². The van der Waals surface area contributed by atoms with Crippen LogP contribution in [0.25, 0.3) is 10.8 Å². The number of nitrogens with zero attached hydrogens (tertiary/aromatic N) is 1. The van der Waals surface area contributed by atoms with Gasteiger partial charge in [0.05, 0.1) is 5.60 Å². The lowest BCUT2D eigenvalue weighted by atomic mass is 9.71. The first-order chi connectivity index (χ1) is 14.2. The van der Waals surface area contributed by atoms with Gasteiger partial charge in [0.15, 0.2) is 0 Å². The predicted octanol–water partition coefficient (Wildman–Crippen LogP) is 5.34. The average Bonchev–Trinajstić information content (AvgIpc) is 3.15. The molecule has 148 valence electrons. The van der Waals surface area contributed by atoms with Gasteiger partial charge >= 0.3 is 0 Å². The summed E-state index contributed by atoms with van der Waals surface area (Å²) >= 11 is 0. The van der Waals surface area contributed by atoms with Crippen molar-refractivity contribution < 1.29 is 5.11 Å². The van der Waals surface area contributed by atoms with Crippen LogP contribution in [0.2, 0.25) is 0 Å². The van der Waals surface area contributed by atoms with Crippen molar-refractivity contribution >= 4 is 10.8 Å². The molecule has 3 aromatic rings. The molecule has 2 aliphatic heterocycles. The van der Waals surface area contributed by atoms with Gasteiger partial charge in [0.2, 0.25) is 0 Å². The maximum Gasteiger partial charge on any atom is 0.0932 e. The molecular formula is C27H29NO. The fraction of sp³-hybridized carbons (Fsp3) is 0.407. The minimum Gasteiger partial charge on any atom is -0.385 e. The van der Waals surface area contributed by atoms with Crippen molar-refractivity contribution in [2.75, 3.05) is 0 Å². The van der Waals surface area contributed by atoms with Gasteiger partial charge in [-0.25, -0.2) is 0 Å². The monoisotopic (exact) mass is 383 g/mol. The molecule has 2 nitrogen and oxygen atoms in total. The molecule has 0 radical (unpaired) electrons. The SMILES string of the molecule is OC1(c2ccc3c4c(cccc24)CC3)CC2CCCC(C1)N2Cc1ccccc1. The van der Waals surface area contributed by atoms with Crippen LogP contribution in [0.5, 0.6) is 0 Å². The molecule has 1 aliphatic carbocycles. The summed E-state index contributed by atoms with van der Waals surface area (Å²) in [5.41, 5.74) is 4.79. The van der Waals surface area contributed by atoms with Crippen molar-refractivity contribution in [2.24, 2.45) is 0 Å². The van der Waals surface area contributed by atoms with E-state index in [2.05, 4.69) is 65.6 Å². The largest absolute Gasteiger partial charge is 0.385 e. The maximum absolute atomic E-state index is 12.0. The summed E-state index contributed by atoms with van der Waals surface area (Å²) in [6, 6.07) is 23.0. The Morgan fingerprint density at radius 1 is 0.828 bits per heavy atom. The summed E-state index contributed by atoms with van der Waals surface area (Å²) in [7, 11) is 0. The third-order valence-corrected chi connectivity index (χ3v) is 7.75. The average molecular weight is 384 g/mol. The smallest absolute Gasteiger partial charge is 0.0932 e. The molecule has 2 unspecified atom stereocenters. The summed E-state index contributed by atoms with van der Waals surface area (Å²) in [5, 5.41) is 14.7. The maximum atomic E-state index is 12.0. The molecule has 6 rings (SSSR count). The third kappa shape index (κ3) is 2.85. The Kier molecular flexibility index (Phi) is 4.07. The second-order valence-electron chi connectivity index (χ2n) is 9.45. The molecule has 3 aromatic carbocycles. The van der Waals surface area contributed by atoms with E-state index in [4.69, 9.17) is 0 Å². The van der Waals surface area contributed by atoms with Gasteiger partial charge in [0, 0.05) is 18.6 Å². The standard InChI is InChI=1S/C27H29NO/c29-27(25-15-14-21-13-12-20-8-4-11-24(25)26(20)21)16-22-9-5-10-23(17-27)28(22)18-19-6-2-1-3-7-19/h1-4,6-8,11,14-15,22-23,29H,5,9-10,12-13,16-18H2. The summed E-state index contributed by atoms with van der Waals surface area (Å²) in [4.78, 5) is 2.69. The molecule has 0 saturated carbocycles. The first-order valence-corrected chi connectivity index (χ1v) is 11.3. The lowest BCUT2D eigenvalue weighted by Crippen LogP contribution is -2.56. The van der Waals surface area contributed by atoms with Gasteiger partial charge in [0.1, 0.15) is 0 Å². The van der Waals surface area contributed by atoms with E-state index < -0.39 is 5.60 Å². The van der Waals surface area contributed by atoms with E-state index in [0.29, 0.717) is 12.1 Å². The number of rotatable bonds is 3. The lowest BCUT2D eigenvalue weighted by molar-refractivity contribution is -0.0991. The van der Waals surface area contributed by atoms with Crippen LogP contribution >= 0.6 is 0 Å². The molecule has 0 aromatic heterocycles. The van der Waals surface area contributed by atoms with E-state index in [1.54, 1.807) is 0 Å². The van der Waals surface area contributed by atoms with Crippen molar-refractivity contribution in [2.45, 2.75) is 69.2 Å². The predicted molar refractivity (Wildman–Crippen MR) is 118 cm³/mol. The minimum atomic E-state index is -0.706. The first kappa shape index (κ1) is 17.7. The van der Waals surface area contributed by atoms with E-state index in [0.717, 1.165) is 32.2 Å². The molecule has 0 amide bonds. The Labute approximate surface area is 173 Å². The highest BCUT2D eigenvalue weighted by Gasteiger charge is 2.46. The summed E-state index contributed by atoms with van der Waals surface area (Å²) < 4.78 is 0. The van der Waals surface area contributed by atoms with Crippen molar-refractivity contribution in [3.05, 3.63) is 82.9 Å². The number of aliphatic hydroxyl groups is 1. The first-order valence-electron chi connectivity index (χ1n) is 11.3. The number of piperidine rings is 2. The zero-order valence-corrected chi connectivity index (χ0v) is 17.0. The topological polar surface area (TPSA) is 23.5 Å². The third-order valence-electron chi connectivity index (χ3n) is 7.75. The van der Waals surface area contributed by atoms with Crippen LogP contribution < -0.4 is 0 Å². The highest BCUT2D eigenvalue weighted by molar-refractivity contribution is 5.93. The summed E-state index contributed by atoms with van der Waals surface area (Å²) in [5.74, 6) is 0. The number of benzene rings is 3. The summed E-state index contributed by atoms with van der Waals surface area (Å²) in [6.45, 7) is 1.01. The molecule has 2 saturated heterocycles. The lowest BCUT2D eigenvalue weighted by Gasteiger charge is -2.52. The van der Waals surface area contributed by atoms with Gasteiger partial charge in [-0.2, -0.15) is 0 Å². The number of hydrogen-bond acceptors (Lipinski definition) is 2. The van der Waals surface area contributed by atoms with E-state index in [-0.39, 0.29) is 0 Å². The molecular weight excluding hydrogens is 354 g/mol. The number of aryl methyl sites for hydroxylation is 2. The Bertz CT molecular complexity index is 1030. The fourth-order valence-corrected chi connectivity index (χ4v) is 6.45. The molecule has 0 spiro atoms. The zero-order valence-electron chi connectivity index (χ0n) is 17.0. The van der Waals surface area contributed by atoms with Gasteiger partial charge in [-0.3, -0.25) is 4.90 Å². The number of hydrogen-bond donors (Lipinski definition) is 1. The molecule has 2 fully saturated rings. The Morgan fingerprint density at radius 3 is 2.31 bits per heavy atom. The molecule has 2 heterocycles. The second kappa shape index (κ2) is 6.68. The highest BCUT2D eigenvalue weighted by Crippen LogP contribution is 2.47. The fourth-order valence-electron chi connectivity index (χ4n) is 6.45. The Morgan fingerprint density at radius 2 is 1.55 bits per heavy atom. The molecule has 1 N–H and O–H groups in total. The van der Waals surface area contributed by atoms with E-state index >= 15 is 0 Å². The molecule has 3 aliphatic rings. The van der Waals surface area contributed by atoms with Crippen LogP contribution in [0.4, 0.5) is 0 Å². The van der Waals surface area contributed by atoms with Crippen LogP contribution in [0.3, 0.4) is 0 Å². The van der Waals surface area contributed by atoms with Crippen LogP contribution in [-0.4, -0.2) is 22.1 Å². The van der Waals surface area contributed by atoms with Crippen LogP contribution in [0, 0.1) is 0 Å². The molecule has 2 bridgehead atoms. The van der Waals surface area contributed by atoms with Gasteiger partial charge in [-0.15, -0.1) is 0 Å². The number of fused-ring (bicyclic) bond motifs is 2. The van der Waals surface area contributed by atoms with E-state index in [1.807, 2.05) is 0 Å². The van der Waals surface area contributed by atoms with Crippen molar-refractivity contribution in [1.29, 1.82) is 0 Å². The van der Waals surface area contributed by atoms with Gasteiger partial charge in [0.25, 0.3) is 0 Å². The molecule has 2 atom stereocenters. The minimum absolute atomic E-state index is 0.468. The van der Waals surface area contributed by atoms with Crippen LogP contribution in [-0.2, 0) is 25.0 Å². The quantitative estimate of drug-likeness (QED) is 0.660. The summed E-state index contributed by atoms with van der Waals surface area (Å²) in [6.07, 6.45) is 7.69. The van der Waals surface area contributed by atoms with E-state index in [9.17, 15) is 5.11 Å². The van der Waals surface area contributed by atoms with Gasteiger partial charge in [-0.05, 0) is 71.6 Å². The zero-order chi connectivity index (χ0) is 19.4. The normalized spacial score (nSPS) is 28.7. The molecule has 2 heteroatoms. The Balaban J connectivity index is 1.37. The van der Waals surface area contributed by atoms with Crippen LogP contribution in [0.15, 0.2) is 60.7 Å². The second-order valence-corrected chi connectivity index (χ2v) is 9.45. The van der Waals surface area contributed by atoms with Crippen molar-refractivity contribution in [1.82, 2.24) is 4.90 Å². The Hall–Kier alpha value is -2.16. The van der Waals surface area contributed by atoms with Crippen molar-refractivity contribution in [3.63, 3.8) is 0 Å². The van der Waals surface area contributed by atoms with Crippen LogP contribution in [0.1, 0.15) is 54.4 Å². The van der Waals surface area contributed by atoms with E-state index in [1.165, 1.54) is 52.3 Å². The van der Waals surface area contributed by atoms with Crippen molar-refractivity contribution in [3.8, 4) is 0 Å². The van der Waals surface area contributed by atoms with Gasteiger partial charge in [-0.1, -0.05) is 67.1 Å². The highest BCUT2D eigenvalue weighted by atomic mass is 16.3.